The number of carboxylic acid groups (broad SMARTS) is 1. The van der Waals surface area contributed by atoms with Crippen molar-refractivity contribution in [2.75, 3.05) is 5.75 Å². The van der Waals surface area contributed by atoms with E-state index in [9.17, 15) is 13.8 Å². The number of nitrogens with one attached hydrogen (secondary N) is 1. The van der Waals surface area contributed by atoms with Gasteiger partial charge in [0.15, 0.2) is 0 Å². The molecule has 21 heavy (non-hydrogen) atoms. The zero-order chi connectivity index (χ0) is 16.2. The van der Waals surface area contributed by atoms with E-state index >= 15 is 0 Å². The topological polar surface area (TPSA) is 83.5 Å². The first-order valence-corrected chi connectivity index (χ1v) is 8.08. The predicted molar refractivity (Wildman–Crippen MR) is 82.2 cm³/mol. The van der Waals surface area contributed by atoms with Crippen molar-refractivity contribution in [3.05, 3.63) is 28.8 Å². The molecule has 0 aliphatic heterocycles. The fraction of sp³-hybridized carbons (Fsp3) is 0.429. The first kappa shape index (κ1) is 17.7. The number of benzene rings is 1. The Hall–Kier alpha value is -1.40. The minimum Gasteiger partial charge on any atom is -0.478 e. The molecule has 1 amide bonds. The Morgan fingerprint density at radius 3 is 2.52 bits per heavy atom. The summed E-state index contributed by atoms with van der Waals surface area (Å²) < 4.78 is 12.1. The lowest BCUT2D eigenvalue weighted by Gasteiger charge is -2.24. The first-order chi connectivity index (χ1) is 9.66. The quantitative estimate of drug-likeness (QED) is 0.838. The zero-order valence-electron chi connectivity index (χ0n) is 12.1. The molecule has 0 saturated carbocycles. The van der Waals surface area contributed by atoms with Crippen LogP contribution < -0.4 is 5.32 Å². The second-order valence-electron chi connectivity index (χ2n) is 5.22. The molecular formula is C14H18ClNO4S. The number of hydrogen-bond donors (Lipinski definition) is 2. The van der Waals surface area contributed by atoms with Crippen molar-refractivity contribution in [2.45, 2.75) is 37.6 Å². The number of carbonyl (C=O) groups is 2. The zero-order valence-corrected chi connectivity index (χ0v) is 13.7. The fourth-order valence-electron chi connectivity index (χ4n) is 1.51. The van der Waals surface area contributed by atoms with Crippen LogP contribution in [0, 0.1) is 0 Å². The van der Waals surface area contributed by atoms with Crippen molar-refractivity contribution in [3.63, 3.8) is 0 Å². The van der Waals surface area contributed by atoms with E-state index in [2.05, 4.69) is 5.32 Å². The van der Waals surface area contributed by atoms with Gasteiger partial charge in [-0.2, -0.15) is 0 Å². The molecule has 0 aliphatic rings. The van der Waals surface area contributed by atoms with Gasteiger partial charge in [0.05, 0.1) is 21.4 Å². The van der Waals surface area contributed by atoms with Gasteiger partial charge in [-0.25, -0.2) is 4.79 Å². The highest BCUT2D eigenvalue weighted by Gasteiger charge is 2.20. The van der Waals surface area contributed by atoms with Gasteiger partial charge in [-0.3, -0.25) is 9.00 Å². The highest BCUT2D eigenvalue weighted by molar-refractivity contribution is 7.85. The number of amides is 1. The lowest BCUT2D eigenvalue weighted by atomic mass is 10.0. The number of carboxylic acids is 1. The summed E-state index contributed by atoms with van der Waals surface area (Å²) in [6.45, 7) is 5.69. The van der Waals surface area contributed by atoms with Crippen LogP contribution in [0.15, 0.2) is 23.1 Å². The van der Waals surface area contributed by atoms with Crippen LogP contribution in [-0.4, -0.2) is 32.5 Å². The molecule has 0 saturated heterocycles. The number of aromatic carboxylic acids is 1. The first-order valence-electron chi connectivity index (χ1n) is 6.38. The third kappa shape index (κ3) is 5.13. The Morgan fingerprint density at radius 2 is 2.00 bits per heavy atom. The normalized spacial score (nSPS) is 12.8. The molecule has 1 unspecified atom stereocenters. The van der Waals surface area contributed by atoms with Gasteiger partial charge in [0.1, 0.15) is 5.75 Å². The largest absolute Gasteiger partial charge is 0.478 e. The molecule has 1 atom stereocenters. The maximum absolute atomic E-state index is 12.1. The summed E-state index contributed by atoms with van der Waals surface area (Å²) in [5.74, 6) is -1.76. The van der Waals surface area contributed by atoms with E-state index in [0.717, 1.165) is 6.42 Å². The number of halogens is 1. The number of hydrogen-bond acceptors (Lipinski definition) is 3. The van der Waals surface area contributed by atoms with Gasteiger partial charge >= 0.3 is 5.97 Å². The second kappa shape index (κ2) is 7.04. The molecule has 0 heterocycles. The molecule has 5 nitrogen and oxygen atoms in total. The highest BCUT2D eigenvalue weighted by atomic mass is 35.5. The molecule has 0 aromatic heterocycles. The van der Waals surface area contributed by atoms with E-state index in [0.29, 0.717) is 0 Å². The van der Waals surface area contributed by atoms with Gasteiger partial charge in [-0.15, -0.1) is 0 Å². The van der Waals surface area contributed by atoms with Crippen LogP contribution in [0.5, 0.6) is 0 Å². The Morgan fingerprint density at radius 1 is 1.38 bits per heavy atom. The van der Waals surface area contributed by atoms with E-state index in [1.54, 1.807) is 0 Å². The predicted octanol–water partition coefficient (Wildman–Crippen LogP) is 2.45. The molecular weight excluding hydrogens is 314 g/mol. The van der Waals surface area contributed by atoms with Crippen LogP contribution >= 0.6 is 11.6 Å². The van der Waals surface area contributed by atoms with Crippen LogP contribution in [0.1, 0.15) is 37.6 Å². The van der Waals surface area contributed by atoms with Crippen LogP contribution in [0.4, 0.5) is 0 Å². The molecule has 0 spiro atoms. The van der Waals surface area contributed by atoms with Gasteiger partial charge in [-0.05, 0) is 38.5 Å². The van der Waals surface area contributed by atoms with Crippen LogP contribution in [0.2, 0.25) is 5.02 Å². The Bertz CT molecular complexity index is 586. The number of rotatable bonds is 6. The summed E-state index contributed by atoms with van der Waals surface area (Å²) in [6, 6.07) is 4.06. The average Bonchev–Trinajstić information content (AvgIpc) is 2.37. The summed E-state index contributed by atoms with van der Waals surface area (Å²) in [6.07, 6.45) is 0.746. The maximum Gasteiger partial charge on any atom is 0.337 e. The second-order valence-corrected chi connectivity index (χ2v) is 7.08. The molecule has 0 fully saturated rings. The van der Waals surface area contributed by atoms with Crippen LogP contribution in [0.3, 0.4) is 0 Å². The van der Waals surface area contributed by atoms with Crippen molar-refractivity contribution in [3.8, 4) is 0 Å². The molecule has 2 N–H and O–H groups in total. The van der Waals surface area contributed by atoms with Gasteiger partial charge in [0, 0.05) is 10.4 Å². The van der Waals surface area contributed by atoms with Crippen molar-refractivity contribution in [1.82, 2.24) is 5.32 Å². The third-order valence-corrected chi connectivity index (χ3v) is 4.69. The smallest absolute Gasteiger partial charge is 0.337 e. The number of carbonyl (C=O) groups excluding carboxylic acids is 1. The molecule has 116 valence electrons. The van der Waals surface area contributed by atoms with Crippen molar-refractivity contribution in [2.24, 2.45) is 0 Å². The average molecular weight is 332 g/mol. The van der Waals surface area contributed by atoms with Crippen molar-refractivity contribution < 1.29 is 18.9 Å². The summed E-state index contributed by atoms with van der Waals surface area (Å²) in [4.78, 5) is 23.1. The Kier molecular flexibility index (Phi) is 5.92. The van der Waals surface area contributed by atoms with E-state index in [1.807, 2.05) is 20.8 Å². The van der Waals surface area contributed by atoms with E-state index in [1.165, 1.54) is 18.2 Å². The minimum absolute atomic E-state index is 0.0693. The van der Waals surface area contributed by atoms with Crippen LogP contribution in [0.25, 0.3) is 0 Å². The molecule has 1 aromatic carbocycles. The third-order valence-electron chi connectivity index (χ3n) is 3.06. The summed E-state index contributed by atoms with van der Waals surface area (Å²) in [5, 5.41) is 11.8. The maximum atomic E-state index is 12.1. The molecule has 7 heteroatoms. The Labute approximate surface area is 131 Å². The highest BCUT2D eigenvalue weighted by Crippen LogP contribution is 2.20. The standard InChI is InChI=1S/C14H18ClNO4S/c1-4-14(2,3)16-12(17)8-21(20)9-5-6-11(15)10(7-9)13(18)19/h5-7H,4,8H2,1-3H3,(H,16,17)(H,18,19). The molecule has 0 radical (unpaired) electrons. The van der Waals surface area contributed by atoms with Crippen molar-refractivity contribution >= 4 is 34.3 Å². The van der Waals surface area contributed by atoms with Gasteiger partial charge in [0.2, 0.25) is 5.91 Å². The minimum atomic E-state index is -1.62. The fourth-order valence-corrected chi connectivity index (χ4v) is 2.66. The molecule has 1 aromatic rings. The van der Waals surface area contributed by atoms with Gasteiger partial charge < -0.3 is 10.4 Å². The molecule has 1 rings (SSSR count). The van der Waals surface area contributed by atoms with Gasteiger partial charge in [-0.1, -0.05) is 18.5 Å². The van der Waals surface area contributed by atoms with E-state index in [4.69, 9.17) is 16.7 Å². The molecule has 0 bridgehead atoms. The lowest BCUT2D eigenvalue weighted by Crippen LogP contribution is -2.44. The Balaban J connectivity index is 2.83. The summed E-state index contributed by atoms with van der Waals surface area (Å²) in [5.41, 5.74) is -0.496. The van der Waals surface area contributed by atoms with Crippen molar-refractivity contribution in [1.29, 1.82) is 0 Å². The summed E-state index contributed by atoms with van der Waals surface area (Å²) in [7, 11) is -1.62. The SMILES string of the molecule is CCC(C)(C)NC(=O)CS(=O)c1ccc(Cl)c(C(=O)O)c1. The van der Waals surface area contributed by atoms with Gasteiger partial charge in [0.25, 0.3) is 0 Å². The molecule has 0 aliphatic carbocycles. The summed E-state index contributed by atoms with van der Waals surface area (Å²) >= 11 is 5.75. The van der Waals surface area contributed by atoms with Crippen LogP contribution in [-0.2, 0) is 15.6 Å². The lowest BCUT2D eigenvalue weighted by molar-refractivity contribution is -0.120. The monoisotopic (exact) mass is 331 g/mol. The van der Waals surface area contributed by atoms with E-state index in [-0.39, 0.29) is 32.7 Å². The van der Waals surface area contributed by atoms with E-state index < -0.39 is 16.8 Å².